The van der Waals surface area contributed by atoms with Crippen molar-refractivity contribution in [1.82, 2.24) is 0 Å². The van der Waals surface area contributed by atoms with Crippen LogP contribution < -0.4 is 14.8 Å². The Kier molecular flexibility index (Phi) is 5.03. The minimum Gasteiger partial charge on any atom is -0.492 e. The second kappa shape index (κ2) is 7.38. The molecule has 1 aliphatic carbocycles. The molecule has 5 nitrogen and oxygen atoms in total. The van der Waals surface area contributed by atoms with Gasteiger partial charge in [0, 0.05) is 17.5 Å². The molecular formula is C20H21NO4. The quantitative estimate of drug-likeness (QED) is 0.873. The fourth-order valence-corrected chi connectivity index (χ4v) is 2.90. The first-order valence-corrected chi connectivity index (χ1v) is 8.44. The topological polar surface area (TPSA) is 64.6 Å². The molecule has 0 bridgehead atoms. The summed E-state index contributed by atoms with van der Waals surface area (Å²) in [6.07, 6.45) is 0.459. The summed E-state index contributed by atoms with van der Waals surface area (Å²) in [5, 5.41) is 2.84. The molecule has 0 saturated heterocycles. The summed E-state index contributed by atoms with van der Waals surface area (Å²) in [4.78, 5) is 24.3. The molecule has 2 aromatic rings. The van der Waals surface area contributed by atoms with Gasteiger partial charge in [-0.3, -0.25) is 9.59 Å². The molecule has 130 valence electrons. The molecule has 1 amide bonds. The third-order valence-electron chi connectivity index (χ3n) is 4.15. The normalized spacial score (nSPS) is 13.9. The SMILES string of the molecule is CCOc1ccccc1NC(=O)[C@@H](C)Oc1cccc2c1CCC2=O. The second-order valence-corrected chi connectivity index (χ2v) is 5.88. The van der Waals surface area contributed by atoms with E-state index >= 15 is 0 Å². The molecule has 1 aliphatic rings. The van der Waals surface area contributed by atoms with Crippen LogP contribution in [0.25, 0.3) is 0 Å². The van der Waals surface area contributed by atoms with Gasteiger partial charge < -0.3 is 14.8 Å². The molecule has 1 atom stereocenters. The van der Waals surface area contributed by atoms with Gasteiger partial charge in [-0.15, -0.1) is 0 Å². The largest absolute Gasteiger partial charge is 0.492 e. The molecule has 3 rings (SSSR count). The highest BCUT2D eigenvalue weighted by Gasteiger charge is 2.25. The van der Waals surface area contributed by atoms with E-state index < -0.39 is 6.10 Å². The van der Waals surface area contributed by atoms with E-state index in [4.69, 9.17) is 9.47 Å². The molecule has 0 aliphatic heterocycles. The third-order valence-corrected chi connectivity index (χ3v) is 4.15. The monoisotopic (exact) mass is 339 g/mol. The van der Waals surface area contributed by atoms with E-state index in [0.29, 0.717) is 42.2 Å². The average Bonchev–Trinajstić information content (AvgIpc) is 2.99. The van der Waals surface area contributed by atoms with Crippen molar-refractivity contribution < 1.29 is 19.1 Å². The summed E-state index contributed by atoms with van der Waals surface area (Å²) in [7, 11) is 0. The van der Waals surface area contributed by atoms with Crippen LogP contribution in [0, 0.1) is 0 Å². The van der Waals surface area contributed by atoms with E-state index in [-0.39, 0.29) is 11.7 Å². The first-order valence-electron chi connectivity index (χ1n) is 8.44. The maximum absolute atomic E-state index is 12.5. The Hall–Kier alpha value is -2.82. The number of amides is 1. The van der Waals surface area contributed by atoms with E-state index in [0.717, 1.165) is 5.56 Å². The number of carbonyl (C=O) groups is 2. The van der Waals surface area contributed by atoms with Gasteiger partial charge in [0.2, 0.25) is 0 Å². The van der Waals surface area contributed by atoms with E-state index in [1.807, 2.05) is 19.1 Å². The van der Waals surface area contributed by atoms with E-state index in [2.05, 4.69) is 5.32 Å². The van der Waals surface area contributed by atoms with Gasteiger partial charge >= 0.3 is 0 Å². The number of hydrogen-bond acceptors (Lipinski definition) is 4. The standard InChI is InChI=1S/C20H21NO4/c1-3-24-19-9-5-4-8-16(19)21-20(23)13(2)25-18-10-6-7-14-15(18)11-12-17(14)22/h4-10,13H,3,11-12H2,1-2H3,(H,21,23)/t13-/m1/s1. The molecule has 5 heteroatoms. The zero-order valence-corrected chi connectivity index (χ0v) is 14.4. The summed E-state index contributed by atoms with van der Waals surface area (Å²) < 4.78 is 11.3. The smallest absolute Gasteiger partial charge is 0.265 e. The summed E-state index contributed by atoms with van der Waals surface area (Å²) in [5.74, 6) is 1.08. The highest BCUT2D eigenvalue weighted by molar-refractivity contribution is 6.01. The Morgan fingerprint density at radius 2 is 1.88 bits per heavy atom. The Labute approximate surface area is 147 Å². The molecule has 2 aromatic carbocycles. The number of fused-ring (bicyclic) bond motifs is 1. The lowest BCUT2D eigenvalue weighted by Gasteiger charge is -2.18. The molecule has 0 heterocycles. The van der Waals surface area contributed by atoms with Crippen LogP contribution in [0.1, 0.15) is 36.2 Å². The van der Waals surface area contributed by atoms with E-state index in [1.165, 1.54) is 0 Å². The van der Waals surface area contributed by atoms with Crippen LogP contribution in [0.4, 0.5) is 5.69 Å². The van der Waals surface area contributed by atoms with E-state index in [1.54, 1.807) is 37.3 Å². The predicted octanol–water partition coefficient (Wildman–Crippen LogP) is 3.62. The fourth-order valence-electron chi connectivity index (χ4n) is 2.90. The van der Waals surface area contributed by atoms with E-state index in [9.17, 15) is 9.59 Å². The summed E-state index contributed by atoms with van der Waals surface area (Å²) >= 11 is 0. The van der Waals surface area contributed by atoms with Crippen molar-refractivity contribution in [2.75, 3.05) is 11.9 Å². The Morgan fingerprint density at radius 3 is 2.68 bits per heavy atom. The molecule has 1 N–H and O–H groups in total. The van der Waals surface area contributed by atoms with Gasteiger partial charge in [0.1, 0.15) is 11.5 Å². The predicted molar refractivity (Wildman–Crippen MR) is 95.4 cm³/mol. The number of benzene rings is 2. The number of ketones is 1. The van der Waals surface area contributed by atoms with Crippen molar-refractivity contribution in [2.24, 2.45) is 0 Å². The van der Waals surface area contributed by atoms with Crippen LogP contribution in [0.5, 0.6) is 11.5 Å². The van der Waals surface area contributed by atoms with Crippen molar-refractivity contribution in [3.8, 4) is 11.5 Å². The summed E-state index contributed by atoms with van der Waals surface area (Å²) in [5.41, 5.74) is 2.20. The summed E-state index contributed by atoms with van der Waals surface area (Å²) in [6, 6.07) is 12.7. The minimum absolute atomic E-state index is 0.128. The zero-order chi connectivity index (χ0) is 17.8. The number of nitrogens with one attached hydrogen (secondary N) is 1. The lowest BCUT2D eigenvalue weighted by atomic mass is 10.1. The molecule has 0 radical (unpaired) electrons. The van der Waals surface area contributed by atoms with Gasteiger partial charge in [0.05, 0.1) is 12.3 Å². The van der Waals surface area contributed by atoms with Crippen molar-refractivity contribution in [3.63, 3.8) is 0 Å². The van der Waals surface area contributed by atoms with Crippen LogP contribution in [0.2, 0.25) is 0 Å². The number of carbonyl (C=O) groups excluding carboxylic acids is 2. The minimum atomic E-state index is -0.697. The van der Waals surface area contributed by atoms with Crippen molar-refractivity contribution in [2.45, 2.75) is 32.8 Å². The number of rotatable bonds is 6. The van der Waals surface area contributed by atoms with Crippen LogP contribution >= 0.6 is 0 Å². The second-order valence-electron chi connectivity index (χ2n) is 5.88. The number of Topliss-reactive ketones (excluding diaryl/α,β-unsaturated/α-hetero) is 1. The van der Waals surface area contributed by atoms with Crippen LogP contribution in [-0.2, 0) is 11.2 Å². The lowest BCUT2D eigenvalue weighted by molar-refractivity contribution is -0.122. The molecule has 0 aromatic heterocycles. The van der Waals surface area contributed by atoms with Gasteiger partial charge in [-0.25, -0.2) is 0 Å². The average molecular weight is 339 g/mol. The van der Waals surface area contributed by atoms with Crippen LogP contribution in [-0.4, -0.2) is 24.4 Å². The van der Waals surface area contributed by atoms with Gasteiger partial charge in [0.25, 0.3) is 5.91 Å². The van der Waals surface area contributed by atoms with Crippen LogP contribution in [0.3, 0.4) is 0 Å². The van der Waals surface area contributed by atoms with Crippen molar-refractivity contribution in [1.29, 1.82) is 0 Å². The highest BCUT2D eigenvalue weighted by Crippen LogP contribution is 2.31. The van der Waals surface area contributed by atoms with Gasteiger partial charge in [0.15, 0.2) is 11.9 Å². The highest BCUT2D eigenvalue weighted by atomic mass is 16.5. The van der Waals surface area contributed by atoms with Gasteiger partial charge in [-0.05, 0) is 38.5 Å². The number of para-hydroxylation sites is 2. The molecule has 0 spiro atoms. The number of hydrogen-bond donors (Lipinski definition) is 1. The molecule has 0 fully saturated rings. The number of anilines is 1. The maximum Gasteiger partial charge on any atom is 0.265 e. The third kappa shape index (κ3) is 3.65. The lowest BCUT2D eigenvalue weighted by Crippen LogP contribution is -2.30. The van der Waals surface area contributed by atoms with Crippen molar-refractivity contribution in [3.05, 3.63) is 53.6 Å². The first-order chi connectivity index (χ1) is 12.1. The first kappa shape index (κ1) is 17.0. The van der Waals surface area contributed by atoms with Gasteiger partial charge in [-0.1, -0.05) is 24.3 Å². The zero-order valence-electron chi connectivity index (χ0n) is 14.4. The Balaban J connectivity index is 1.71. The molecule has 0 saturated carbocycles. The Bertz CT molecular complexity index is 800. The Morgan fingerprint density at radius 1 is 1.12 bits per heavy atom. The summed E-state index contributed by atoms with van der Waals surface area (Å²) in [6.45, 7) is 4.10. The number of ether oxygens (including phenoxy) is 2. The molecular weight excluding hydrogens is 318 g/mol. The maximum atomic E-state index is 12.5. The molecule has 25 heavy (non-hydrogen) atoms. The van der Waals surface area contributed by atoms with Gasteiger partial charge in [-0.2, -0.15) is 0 Å². The van der Waals surface area contributed by atoms with Crippen molar-refractivity contribution >= 4 is 17.4 Å². The van der Waals surface area contributed by atoms with Crippen LogP contribution in [0.15, 0.2) is 42.5 Å². The fraction of sp³-hybridized carbons (Fsp3) is 0.300. The molecule has 0 unspecified atom stereocenters.